The number of carboxylic acid groups (broad SMARTS) is 3. The van der Waals surface area contributed by atoms with E-state index in [1.807, 2.05) is 48.5 Å². The Hall–Kier alpha value is -4.99. The predicted molar refractivity (Wildman–Crippen MR) is 186 cm³/mol. The van der Waals surface area contributed by atoms with Crippen molar-refractivity contribution < 1.29 is 39.3 Å². The van der Waals surface area contributed by atoms with E-state index in [0.29, 0.717) is 23.2 Å². The van der Waals surface area contributed by atoms with Crippen LogP contribution >= 0.6 is 0 Å². The van der Waals surface area contributed by atoms with Gasteiger partial charge in [0.05, 0.1) is 16.7 Å². The van der Waals surface area contributed by atoms with Crippen LogP contribution in [0.1, 0.15) is 142 Å². The number of amides is 2. The molecule has 2 amide bonds. The molecule has 0 saturated heterocycles. The van der Waals surface area contributed by atoms with Crippen molar-refractivity contribution in [1.29, 1.82) is 0 Å². The third-order valence-electron chi connectivity index (χ3n) is 9.18. The number of aromatic carboxylic acids is 3. The lowest BCUT2D eigenvalue weighted by atomic mass is 9.96. The van der Waals surface area contributed by atoms with Gasteiger partial charge in [0.25, 0.3) is 11.8 Å². The summed E-state index contributed by atoms with van der Waals surface area (Å²) in [7, 11) is 0. The van der Waals surface area contributed by atoms with Crippen molar-refractivity contribution in [2.24, 2.45) is 0 Å². The fourth-order valence-corrected chi connectivity index (χ4v) is 6.36. The fourth-order valence-electron chi connectivity index (χ4n) is 6.36. The first kappa shape index (κ1) is 36.8. The number of carbonyl (C=O) groups is 5. The van der Waals surface area contributed by atoms with Crippen LogP contribution in [-0.4, -0.2) is 57.1 Å². The Morgan fingerprint density at radius 3 is 0.939 bits per heavy atom. The molecule has 0 atom stereocenters. The molecule has 0 radical (unpaired) electrons. The smallest absolute Gasteiger partial charge is 0.335 e. The number of carbonyl (C=O) groups excluding carboxylic acids is 2. The summed E-state index contributed by atoms with van der Waals surface area (Å²) >= 11 is 0. The highest BCUT2D eigenvalue weighted by atomic mass is 16.4. The summed E-state index contributed by atoms with van der Waals surface area (Å²) in [5.74, 6) is -4.07. The molecule has 0 heterocycles. The van der Waals surface area contributed by atoms with Crippen LogP contribution in [0.4, 0.5) is 0 Å². The van der Waals surface area contributed by atoms with Gasteiger partial charge in [0.15, 0.2) is 0 Å². The zero-order valence-corrected chi connectivity index (χ0v) is 27.8. The van der Waals surface area contributed by atoms with Crippen LogP contribution in [0.15, 0.2) is 66.7 Å². The molecule has 0 bridgehead atoms. The second kappa shape index (κ2) is 18.5. The Morgan fingerprint density at radius 2 is 0.673 bits per heavy atom. The second-order valence-corrected chi connectivity index (χ2v) is 12.9. The summed E-state index contributed by atoms with van der Waals surface area (Å²) in [6.45, 7) is 0. The number of carboxylic acids is 3. The molecule has 5 N–H and O–H groups in total. The van der Waals surface area contributed by atoms with Crippen molar-refractivity contribution in [3.63, 3.8) is 0 Å². The Morgan fingerprint density at radius 1 is 0.408 bits per heavy atom. The first-order chi connectivity index (χ1) is 23.6. The molecule has 0 aliphatic heterocycles. The number of benzene rings is 3. The highest BCUT2D eigenvalue weighted by Crippen LogP contribution is 2.23. The topological polar surface area (TPSA) is 170 Å². The van der Waals surface area contributed by atoms with Crippen LogP contribution in [-0.2, 0) is 0 Å². The Kier molecular flexibility index (Phi) is 13.9. The number of rotatable bonds is 8. The molecule has 10 heteroatoms. The number of nitrogens with one attached hydrogen (secondary N) is 2. The molecule has 49 heavy (non-hydrogen) atoms. The molecule has 2 fully saturated rings. The van der Waals surface area contributed by atoms with Gasteiger partial charge in [-0.1, -0.05) is 88.5 Å². The standard InChI is InChI=1S/C30H40N2O2.C9H6O6/c33-29(31-27-11-7-3-1-4-8-12-27)25-19-15-23(16-20-25)24-17-21-26(22-18-24)30(34)32-28-13-9-5-2-6-10-14-28;10-7(11)4-1-5(8(12)13)3-6(2-4)9(14)15/h15-22,27-28H,1-14H2,(H,31,33)(H,32,34);1-3H,(H,10,11)(H,12,13)(H,14,15). The zero-order chi connectivity index (χ0) is 35.2. The summed E-state index contributed by atoms with van der Waals surface area (Å²) in [6.07, 6.45) is 17.0. The summed E-state index contributed by atoms with van der Waals surface area (Å²) in [5.41, 5.74) is 2.41. The lowest BCUT2D eigenvalue weighted by Gasteiger charge is -2.21. The molecule has 0 spiro atoms. The van der Waals surface area contributed by atoms with Gasteiger partial charge in [-0.15, -0.1) is 0 Å². The zero-order valence-electron chi connectivity index (χ0n) is 27.8. The molecule has 3 aromatic rings. The Balaban J connectivity index is 0.000000302. The van der Waals surface area contributed by atoms with E-state index in [1.54, 1.807) is 0 Å². The van der Waals surface area contributed by atoms with Crippen molar-refractivity contribution in [2.75, 3.05) is 0 Å². The van der Waals surface area contributed by atoms with Crippen molar-refractivity contribution in [2.45, 2.75) is 102 Å². The largest absolute Gasteiger partial charge is 0.478 e. The van der Waals surface area contributed by atoms with E-state index in [2.05, 4.69) is 10.6 Å². The lowest BCUT2D eigenvalue weighted by molar-refractivity contribution is 0.0696. The summed E-state index contributed by atoms with van der Waals surface area (Å²) < 4.78 is 0. The first-order valence-electron chi connectivity index (χ1n) is 17.3. The van der Waals surface area contributed by atoms with Crippen LogP contribution in [0.5, 0.6) is 0 Å². The SMILES string of the molecule is O=C(NC1CCCCCCC1)c1ccc(-c2ccc(C(=O)NC3CCCCCCC3)cc2)cc1.O=C(O)c1cc(C(=O)O)cc(C(=O)O)c1. The van der Waals surface area contributed by atoms with Crippen LogP contribution < -0.4 is 10.6 Å². The summed E-state index contributed by atoms with van der Waals surface area (Å²) in [4.78, 5) is 57.1. The Bertz CT molecular complexity index is 1430. The van der Waals surface area contributed by atoms with E-state index in [0.717, 1.165) is 55.0 Å². The van der Waals surface area contributed by atoms with Gasteiger partial charge in [-0.05, 0) is 79.3 Å². The highest BCUT2D eigenvalue weighted by molar-refractivity contribution is 5.99. The van der Waals surface area contributed by atoms with E-state index < -0.39 is 17.9 Å². The molecule has 10 nitrogen and oxygen atoms in total. The molecular formula is C39H46N2O8. The van der Waals surface area contributed by atoms with Crippen molar-refractivity contribution >= 4 is 29.7 Å². The molecule has 260 valence electrons. The monoisotopic (exact) mass is 670 g/mol. The van der Waals surface area contributed by atoms with Crippen molar-refractivity contribution in [3.05, 3.63) is 94.5 Å². The van der Waals surface area contributed by atoms with E-state index in [9.17, 15) is 24.0 Å². The molecule has 5 rings (SSSR count). The molecule has 2 aliphatic rings. The van der Waals surface area contributed by atoms with Crippen LogP contribution in [0.2, 0.25) is 0 Å². The van der Waals surface area contributed by atoms with Gasteiger partial charge in [0.2, 0.25) is 0 Å². The van der Waals surface area contributed by atoms with Gasteiger partial charge in [0.1, 0.15) is 0 Å². The van der Waals surface area contributed by atoms with E-state index in [4.69, 9.17) is 15.3 Å². The molecule has 2 saturated carbocycles. The maximum absolute atomic E-state index is 12.7. The van der Waals surface area contributed by atoms with Crippen LogP contribution in [0.25, 0.3) is 11.1 Å². The quantitative estimate of drug-likeness (QED) is 0.161. The maximum atomic E-state index is 12.7. The van der Waals surface area contributed by atoms with Crippen molar-refractivity contribution in [1.82, 2.24) is 10.6 Å². The first-order valence-corrected chi connectivity index (χ1v) is 17.3. The van der Waals surface area contributed by atoms with Gasteiger partial charge in [-0.2, -0.15) is 0 Å². The lowest BCUT2D eigenvalue weighted by Crippen LogP contribution is -2.35. The average Bonchev–Trinajstić information content (AvgIpc) is 3.07. The molecule has 0 aromatic heterocycles. The number of hydrogen-bond acceptors (Lipinski definition) is 5. The highest BCUT2D eigenvalue weighted by Gasteiger charge is 2.18. The molecule has 0 unspecified atom stereocenters. The summed E-state index contributed by atoms with van der Waals surface area (Å²) in [5, 5.41) is 32.3. The molecule has 2 aliphatic carbocycles. The normalized spacial score (nSPS) is 15.9. The summed E-state index contributed by atoms with van der Waals surface area (Å²) in [6, 6.07) is 18.9. The fraction of sp³-hybridized carbons (Fsp3) is 0.410. The molecule has 3 aromatic carbocycles. The van der Waals surface area contributed by atoms with E-state index >= 15 is 0 Å². The van der Waals surface area contributed by atoms with Gasteiger partial charge in [-0.3, -0.25) is 9.59 Å². The maximum Gasteiger partial charge on any atom is 0.335 e. The third-order valence-corrected chi connectivity index (χ3v) is 9.18. The minimum Gasteiger partial charge on any atom is -0.478 e. The second-order valence-electron chi connectivity index (χ2n) is 12.9. The Labute approximate surface area is 286 Å². The van der Waals surface area contributed by atoms with Gasteiger partial charge in [-0.25, -0.2) is 14.4 Å². The minimum atomic E-state index is -1.37. The van der Waals surface area contributed by atoms with Crippen molar-refractivity contribution in [3.8, 4) is 11.1 Å². The van der Waals surface area contributed by atoms with Gasteiger partial charge >= 0.3 is 17.9 Å². The number of hydrogen-bond donors (Lipinski definition) is 5. The van der Waals surface area contributed by atoms with E-state index in [-0.39, 0.29) is 28.5 Å². The van der Waals surface area contributed by atoms with E-state index in [1.165, 1.54) is 64.2 Å². The van der Waals surface area contributed by atoms with Crippen LogP contribution in [0, 0.1) is 0 Å². The van der Waals surface area contributed by atoms with Gasteiger partial charge < -0.3 is 26.0 Å². The average molecular weight is 671 g/mol. The third kappa shape index (κ3) is 11.6. The van der Waals surface area contributed by atoms with Gasteiger partial charge in [0, 0.05) is 23.2 Å². The predicted octanol–water partition coefficient (Wildman–Crippen LogP) is 7.82. The molecular weight excluding hydrogens is 624 g/mol. The minimum absolute atomic E-state index is 0.0263. The van der Waals surface area contributed by atoms with Crippen LogP contribution in [0.3, 0.4) is 0 Å².